The molecule has 0 unspecified atom stereocenters. The molecule has 0 amide bonds. The second kappa shape index (κ2) is 6.19. The number of fused-ring (bicyclic) bond motifs is 1. The average Bonchev–Trinajstić information content (AvgIpc) is 2.85. The smallest absolute Gasteiger partial charge is 0.123 e. The van der Waals surface area contributed by atoms with Crippen molar-refractivity contribution in [2.75, 3.05) is 0 Å². The zero-order valence-corrected chi connectivity index (χ0v) is 15.5. The Morgan fingerprint density at radius 1 is 1.05 bits per heavy atom. The topological polar surface area (TPSA) is 12.9 Å². The Kier molecular flexibility index (Phi) is 4.48. The fourth-order valence-corrected chi connectivity index (χ4v) is 3.94. The third kappa shape index (κ3) is 2.94. The molecule has 21 heavy (non-hydrogen) atoms. The summed E-state index contributed by atoms with van der Waals surface area (Å²) in [4.78, 5) is 4.84. The molecule has 1 aromatic heterocycles. The molecule has 0 N–H and O–H groups in total. The van der Waals surface area contributed by atoms with E-state index in [1.807, 2.05) is 0 Å². The minimum Gasteiger partial charge on any atom is -0.241 e. The Hall–Kier alpha value is -0.710. The van der Waals surface area contributed by atoms with E-state index in [0.29, 0.717) is 0 Å². The molecular weight excluding hydrogens is 410 g/mol. The second-order valence-corrected chi connectivity index (χ2v) is 7.19. The van der Waals surface area contributed by atoms with Crippen LogP contribution in [-0.2, 0) is 0 Å². The summed E-state index contributed by atoms with van der Waals surface area (Å²) in [6, 6.07) is 13.0. The van der Waals surface area contributed by atoms with Crippen molar-refractivity contribution in [3.63, 3.8) is 0 Å². The number of hydrogen-bond donors (Lipinski definition) is 0. The highest BCUT2D eigenvalue weighted by Gasteiger charge is 2.22. The predicted molar refractivity (Wildman–Crippen MR) is 99.7 cm³/mol. The third-order valence-corrected chi connectivity index (χ3v) is 5.50. The van der Waals surface area contributed by atoms with Gasteiger partial charge < -0.3 is 0 Å². The van der Waals surface area contributed by atoms with Gasteiger partial charge in [-0.3, -0.25) is 0 Å². The van der Waals surface area contributed by atoms with E-state index in [2.05, 4.69) is 57.7 Å². The van der Waals surface area contributed by atoms with Crippen molar-refractivity contribution in [2.45, 2.75) is 25.2 Å². The average molecular weight is 425 g/mol. The molecule has 1 aliphatic carbocycles. The first-order chi connectivity index (χ1) is 9.79. The van der Waals surface area contributed by atoms with Gasteiger partial charge in [0, 0.05) is 21.3 Å². The third-order valence-electron chi connectivity index (χ3n) is 4.09. The van der Waals surface area contributed by atoms with E-state index in [9.17, 15) is 0 Å². The molecule has 1 saturated carbocycles. The molecule has 0 atom stereocenters. The number of hydrogen-bond acceptors (Lipinski definition) is 2. The fourth-order valence-electron chi connectivity index (χ4n) is 2.66. The Morgan fingerprint density at radius 3 is 2.62 bits per heavy atom. The van der Waals surface area contributed by atoms with E-state index in [-0.39, 0.29) is 17.0 Å². The summed E-state index contributed by atoms with van der Waals surface area (Å²) in [7, 11) is 0. The number of benzene rings is 2. The molecule has 4 rings (SSSR count). The lowest BCUT2D eigenvalue weighted by Gasteiger charge is -2.22. The highest BCUT2D eigenvalue weighted by Crippen LogP contribution is 2.38. The molecule has 0 radical (unpaired) electrons. The van der Waals surface area contributed by atoms with Crippen LogP contribution in [0.4, 0.5) is 0 Å². The van der Waals surface area contributed by atoms with E-state index in [4.69, 9.17) is 4.98 Å². The largest absolute Gasteiger partial charge is 0.241 e. The molecule has 4 heteroatoms. The van der Waals surface area contributed by atoms with Crippen LogP contribution in [0.2, 0.25) is 0 Å². The lowest BCUT2D eigenvalue weighted by atomic mass is 9.83. The molecule has 0 aliphatic heterocycles. The van der Waals surface area contributed by atoms with Gasteiger partial charge in [0.25, 0.3) is 0 Å². The monoisotopic (exact) mass is 423 g/mol. The van der Waals surface area contributed by atoms with Gasteiger partial charge in [0.1, 0.15) is 5.01 Å². The van der Waals surface area contributed by atoms with Crippen LogP contribution < -0.4 is 0 Å². The first-order valence-electron chi connectivity index (χ1n) is 6.95. The number of thiazole rings is 1. The maximum Gasteiger partial charge on any atom is 0.123 e. The lowest BCUT2D eigenvalue weighted by molar-refractivity contribution is 0.413. The quantitative estimate of drug-likeness (QED) is 0.453. The minimum atomic E-state index is 0. The van der Waals surface area contributed by atoms with E-state index >= 15 is 0 Å². The Bertz CT molecular complexity index is 777. The first-order valence-corrected chi connectivity index (χ1v) is 8.62. The van der Waals surface area contributed by atoms with Crippen molar-refractivity contribution < 1.29 is 0 Å². The zero-order valence-electron chi connectivity index (χ0n) is 11.4. The summed E-state index contributed by atoms with van der Waals surface area (Å²) in [5, 5.41) is 5.92. The summed E-state index contributed by atoms with van der Waals surface area (Å²) in [5.41, 5.74) is 2.52. The highest BCUT2D eigenvalue weighted by molar-refractivity contribution is 9.10. The molecule has 1 nitrogen and oxygen atoms in total. The molecule has 0 saturated heterocycles. The molecule has 1 fully saturated rings. The van der Waals surface area contributed by atoms with E-state index < -0.39 is 0 Å². The SMILES string of the molecule is Br.Brc1ccc2ccc(-c3nc(C4CCC4)cs3)cc2c1. The minimum absolute atomic E-state index is 0. The van der Waals surface area contributed by atoms with Crippen LogP contribution in [0.3, 0.4) is 0 Å². The standard InChI is InChI=1S/C17H14BrNS.BrH/c18-15-7-6-11-4-5-13(8-14(11)9-15)17-19-16(10-20-17)12-2-1-3-12;/h4-10,12H,1-3H2;1H. The van der Waals surface area contributed by atoms with Crippen molar-refractivity contribution in [1.82, 2.24) is 4.98 Å². The van der Waals surface area contributed by atoms with Gasteiger partial charge in [0.2, 0.25) is 0 Å². The highest BCUT2D eigenvalue weighted by atomic mass is 79.9. The van der Waals surface area contributed by atoms with Crippen LogP contribution in [-0.4, -0.2) is 4.98 Å². The molecule has 1 aliphatic rings. The van der Waals surface area contributed by atoms with Gasteiger partial charge in [-0.2, -0.15) is 0 Å². The van der Waals surface area contributed by atoms with E-state index in [1.165, 1.54) is 41.3 Å². The van der Waals surface area contributed by atoms with E-state index in [1.54, 1.807) is 11.3 Å². The normalized spacial score (nSPS) is 14.7. The molecule has 108 valence electrons. The molecule has 0 bridgehead atoms. The summed E-state index contributed by atoms with van der Waals surface area (Å²) in [6.45, 7) is 0. The van der Waals surface area contributed by atoms with Crippen molar-refractivity contribution in [2.24, 2.45) is 0 Å². The predicted octanol–water partition coefficient (Wildman–Crippen LogP) is 6.57. The number of halogens is 2. The van der Waals surface area contributed by atoms with Crippen LogP contribution in [0, 0.1) is 0 Å². The summed E-state index contributed by atoms with van der Waals surface area (Å²) in [6.07, 6.45) is 3.99. The summed E-state index contributed by atoms with van der Waals surface area (Å²) >= 11 is 5.31. The molecular formula is C17H15Br2NS. The van der Waals surface area contributed by atoms with E-state index in [0.717, 1.165) is 15.4 Å². The van der Waals surface area contributed by atoms with Gasteiger partial charge in [0.15, 0.2) is 0 Å². The number of rotatable bonds is 2. The van der Waals surface area contributed by atoms with Crippen LogP contribution in [0.5, 0.6) is 0 Å². The van der Waals surface area contributed by atoms with Crippen LogP contribution >= 0.6 is 44.2 Å². The van der Waals surface area contributed by atoms with Gasteiger partial charge in [-0.25, -0.2) is 4.98 Å². The molecule has 0 spiro atoms. The molecule has 2 aromatic carbocycles. The summed E-state index contributed by atoms with van der Waals surface area (Å²) in [5.74, 6) is 0.717. The number of nitrogens with zero attached hydrogens (tertiary/aromatic N) is 1. The van der Waals surface area contributed by atoms with Gasteiger partial charge in [-0.15, -0.1) is 28.3 Å². The van der Waals surface area contributed by atoms with Gasteiger partial charge in [0.05, 0.1) is 5.69 Å². The second-order valence-electron chi connectivity index (χ2n) is 5.41. The van der Waals surface area contributed by atoms with Crippen LogP contribution in [0.1, 0.15) is 30.9 Å². The fraction of sp³-hybridized carbons (Fsp3) is 0.235. The summed E-state index contributed by atoms with van der Waals surface area (Å²) < 4.78 is 1.12. The first kappa shape index (κ1) is 15.2. The number of aromatic nitrogens is 1. The van der Waals surface area contributed by atoms with Crippen molar-refractivity contribution in [3.05, 3.63) is 51.9 Å². The zero-order chi connectivity index (χ0) is 13.5. The maximum atomic E-state index is 4.84. The van der Waals surface area contributed by atoms with Gasteiger partial charge in [-0.1, -0.05) is 40.5 Å². The maximum absolute atomic E-state index is 4.84. The molecule has 1 heterocycles. The molecule has 3 aromatic rings. The van der Waals surface area contributed by atoms with Crippen molar-refractivity contribution in [1.29, 1.82) is 0 Å². The van der Waals surface area contributed by atoms with Crippen LogP contribution in [0.25, 0.3) is 21.3 Å². The Labute approximate surface area is 147 Å². The van der Waals surface area contributed by atoms with Gasteiger partial charge in [-0.05, 0) is 41.8 Å². The Morgan fingerprint density at radius 2 is 1.86 bits per heavy atom. The van der Waals surface area contributed by atoms with Crippen molar-refractivity contribution in [3.8, 4) is 10.6 Å². The van der Waals surface area contributed by atoms with Crippen LogP contribution in [0.15, 0.2) is 46.3 Å². The lowest BCUT2D eigenvalue weighted by Crippen LogP contribution is -2.08. The van der Waals surface area contributed by atoms with Gasteiger partial charge >= 0.3 is 0 Å². The Balaban J connectivity index is 0.00000132. The van der Waals surface area contributed by atoms with Crippen molar-refractivity contribution >= 4 is 55.0 Å².